The molecule has 0 radical (unpaired) electrons. The number of methoxy groups -OCH3 is 1. The molecule has 27 heavy (non-hydrogen) atoms. The molecule has 1 aliphatic carbocycles. The summed E-state index contributed by atoms with van der Waals surface area (Å²) in [7, 11) is 1.59. The molecule has 2 fully saturated rings. The fourth-order valence-electron chi connectivity index (χ4n) is 4.52. The molecular weight excluding hydrogens is 350 g/mol. The van der Waals surface area contributed by atoms with Gasteiger partial charge in [0, 0.05) is 19.6 Å². The number of hydrogen-bond donors (Lipinski definition) is 0. The highest BCUT2D eigenvalue weighted by molar-refractivity contribution is 5.96. The summed E-state index contributed by atoms with van der Waals surface area (Å²) in [5.74, 6) is -0.765. The molecule has 4 rings (SSSR count). The third kappa shape index (κ3) is 3.08. The van der Waals surface area contributed by atoms with E-state index in [0.717, 1.165) is 18.4 Å². The highest BCUT2D eigenvalue weighted by atomic mass is 19.1. The summed E-state index contributed by atoms with van der Waals surface area (Å²) >= 11 is 0. The maximum absolute atomic E-state index is 14.5. The Balaban J connectivity index is 1.76. The van der Waals surface area contributed by atoms with Crippen molar-refractivity contribution in [1.82, 2.24) is 4.90 Å². The summed E-state index contributed by atoms with van der Waals surface area (Å²) in [5.41, 5.74) is 1.13. The van der Waals surface area contributed by atoms with Gasteiger partial charge in [-0.2, -0.15) is 0 Å². The minimum absolute atomic E-state index is 0.0400. The Kier molecular flexibility index (Phi) is 4.83. The van der Waals surface area contributed by atoms with Crippen LogP contribution in [0.4, 0.5) is 19.3 Å². The van der Waals surface area contributed by atoms with E-state index in [4.69, 9.17) is 4.74 Å². The van der Waals surface area contributed by atoms with E-state index in [1.165, 1.54) is 18.2 Å². The van der Waals surface area contributed by atoms with Crippen LogP contribution in [-0.2, 0) is 4.74 Å². The standard InChI is InChI=1S/C21H22F2N2O2/c1-27-12-11-24-19-10-9-16(14-5-4-6-15(22)13-14)20(19)25(21(24)26)18-8-3-2-7-17(18)23/h2-8,13,16,19-20H,9-12H2,1H3/t16-,19-,20+/m0/s1. The number of amides is 2. The summed E-state index contributed by atoms with van der Waals surface area (Å²) in [6.07, 6.45) is 1.62. The van der Waals surface area contributed by atoms with Gasteiger partial charge in [-0.25, -0.2) is 13.6 Å². The number of benzene rings is 2. The third-order valence-corrected chi connectivity index (χ3v) is 5.66. The van der Waals surface area contributed by atoms with Gasteiger partial charge in [0.1, 0.15) is 11.6 Å². The number of carbonyl (C=O) groups excluding carboxylic acids is 1. The number of halogens is 2. The topological polar surface area (TPSA) is 32.8 Å². The van der Waals surface area contributed by atoms with Gasteiger partial charge < -0.3 is 9.64 Å². The largest absolute Gasteiger partial charge is 0.383 e. The van der Waals surface area contributed by atoms with Crippen molar-refractivity contribution < 1.29 is 18.3 Å². The molecule has 2 amide bonds. The fraction of sp³-hybridized carbons (Fsp3) is 0.381. The number of ether oxygens (including phenoxy) is 1. The van der Waals surface area contributed by atoms with Crippen molar-refractivity contribution in [2.24, 2.45) is 0 Å². The van der Waals surface area contributed by atoms with Crippen molar-refractivity contribution in [3.05, 3.63) is 65.7 Å². The lowest BCUT2D eigenvalue weighted by Gasteiger charge is -2.28. The van der Waals surface area contributed by atoms with Gasteiger partial charge in [0.05, 0.1) is 24.4 Å². The molecule has 0 N–H and O–H groups in total. The minimum Gasteiger partial charge on any atom is -0.383 e. The summed E-state index contributed by atoms with van der Waals surface area (Å²) in [6, 6.07) is 12.4. The molecule has 6 heteroatoms. The van der Waals surface area contributed by atoms with Gasteiger partial charge in [-0.1, -0.05) is 24.3 Å². The SMILES string of the molecule is COCCN1C(=O)N(c2ccccc2F)[C@@H]2[C@H](c3cccc(F)c3)CC[C@@H]21. The van der Waals surface area contributed by atoms with Gasteiger partial charge >= 0.3 is 6.03 Å². The summed E-state index contributed by atoms with van der Waals surface area (Å²) < 4.78 is 33.5. The van der Waals surface area contributed by atoms with Gasteiger partial charge in [-0.3, -0.25) is 4.90 Å². The zero-order chi connectivity index (χ0) is 19.0. The van der Waals surface area contributed by atoms with Crippen molar-refractivity contribution in [2.45, 2.75) is 30.8 Å². The van der Waals surface area contributed by atoms with Crippen LogP contribution in [0.2, 0.25) is 0 Å². The second-order valence-electron chi connectivity index (χ2n) is 7.09. The third-order valence-electron chi connectivity index (χ3n) is 5.66. The molecule has 3 atom stereocenters. The fourth-order valence-corrected chi connectivity index (χ4v) is 4.52. The molecule has 2 aromatic rings. The number of nitrogens with zero attached hydrogens (tertiary/aromatic N) is 2. The first-order chi connectivity index (χ1) is 13.1. The molecule has 1 heterocycles. The van der Waals surface area contributed by atoms with E-state index in [1.54, 1.807) is 41.2 Å². The van der Waals surface area contributed by atoms with Crippen LogP contribution in [0.25, 0.3) is 0 Å². The quantitative estimate of drug-likeness (QED) is 0.789. The lowest BCUT2D eigenvalue weighted by atomic mass is 9.92. The zero-order valence-corrected chi connectivity index (χ0v) is 15.1. The Hall–Kier alpha value is -2.47. The van der Waals surface area contributed by atoms with E-state index in [9.17, 15) is 13.6 Å². The zero-order valence-electron chi connectivity index (χ0n) is 15.1. The monoisotopic (exact) mass is 372 g/mol. The van der Waals surface area contributed by atoms with Crippen molar-refractivity contribution >= 4 is 11.7 Å². The Morgan fingerprint density at radius 3 is 2.67 bits per heavy atom. The highest BCUT2D eigenvalue weighted by Gasteiger charge is 2.53. The molecule has 1 saturated heterocycles. The first kappa shape index (κ1) is 17.9. The van der Waals surface area contributed by atoms with E-state index in [-0.39, 0.29) is 35.5 Å². The number of fused-ring (bicyclic) bond motifs is 1. The number of carbonyl (C=O) groups is 1. The van der Waals surface area contributed by atoms with Crippen LogP contribution < -0.4 is 4.90 Å². The lowest BCUT2D eigenvalue weighted by Crippen LogP contribution is -2.38. The summed E-state index contributed by atoms with van der Waals surface area (Å²) in [4.78, 5) is 16.5. The van der Waals surface area contributed by atoms with E-state index < -0.39 is 5.82 Å². The Bertz CT molecular complexity index is 844. The second kappa shape index (κ2) is 7.27. The van der Waals surface area contributed by atoms with Crippen molar-refractivity contribution in [3.63, 3.8) is 0 Å². The number of rotatable bonds is 5. The summed E-state index contributed by atoms with van der Waals surface area (Å²) in [5, 5.41) is 0. The van der Waals surface area contributed by atoms with Gasteiger partial charge in [0.15, 0.2) is 0 Å². The van der Waals surface area contributed by atoms with Crippen LogP contribution in [0.15, 0.2) is 48.5 Å². The van der Waals surface area contributed by atoms with Crippen LogP contribution >= 0.6 is 0 Å². The second-order valence-corrected chi connectivity index (χ2v) is 7.09. The molecule has 0 bridgehead atoms. The van der Waals surface area contributed by atoms with E-state index in [2.05, 4.69) is 0 Å². The minimum atomic E-state index is -0.428. The average Bonchev–Trinajstić information content (AvgIpc) is 3.19. The lowest BCUT2D eigenvalue weighted by molar-refractivity contribution is 0.146. The summed E-state index contributed by atoms with van der Waals surface area (Å²) in [6.45, 7) is 0.877. The first-order valence-electron chi connectivity index (χ1n) is 9.20. The Morgan fingerprint density at radius 2 is 1.93 bits per heavy atom. The van der Waals surface area contributed by atoms with Crippen LogP contribution in [0.1, 0.15) is 24.3 Å². The molecule has 142 valence electrons. The van der Waals surface area contributed by atoms with Crippen molar-refractivity contribution in [3.8, 4) is 0 Å². The maximum atomic E-state index is 14.5. The average molecular weight is 372 g/mol. The number of anilines is 1. The maximum Gasteiger partial charge on any atom is 0.325 e. The van der Waals surface area contributed by atoms with Crippen LogP contribution in [0, 0.1) is 11.6 Å². The predicted octanol–water partition coefficient (Wildman–Crippen LogP) is 4.17. The molecule has 1 aliphatic heterocycles. The van der Waals surface area contributed by atoms with E-state index in [0.29, 0.717) is 13.2 Å². The molecule has 2 aliphatic rings. The van der Waals surface area contributed by atoms with Gasteiger partial charge in [0.2, 0.25) is 0 Å². The van der Waals surface area contributed by atoms with Gasteiger partial charge in [-0.15, -0.1) is 0 Å². The molecule has 0 aromatic heterocycles. The van der Waals surface area contributed by atoms with Gasteiger partial charge in [0.25, 0.3) is 0 Å². The molecule has 4 nitrogen and oxygen atoms in total. The number of para-hydroxylation sites is 1. The Labute approximate surface area is 157 Å². The van der Waals surface area contributed by atoms with Crippen LogP contribution in [0.5, 0.6) is 0 Å². The van der Waals surface area contributed by atoms with Crippen molar-refractivity contribution in [2.75, 3.05) is 25.2 Å². The molecular formula is C21H22F2N2O2. The molecule has 0 unspecified atom stereocenters. The highest BCUT2D eigenvalue weighted by Crippen LogP contribution is 2.46. The van der Waals surface area contributed by atoms with Crippen LogP contribution in [-0.4, -0.2) is 43.3 Å². The molecule has 0 spiro atoms. The molecule has 2 aromatic carbocycles. The number of hydrogen-bond acceptors (Lipinski definition) is 2. The molecule has 1 saturated carbocycles. The normalized spacial score (nSPS) is 24.6. The van der Waals surface area contributed by atoms with Crippen LogP contribution in [0.3, 0.4) is 0 Å². The van der Waals surface area contributed by atoms with E-state index >= 15 is 0 Å². The van der Waals surface area contributed by atoms with E-state index in [1.807, 2.05) is 6.07 Å². The Morgan fingerprint density at radius 1 is 1.11 bits per heavy atom. The van der Waals surface area contributed by atoms with Crippen molar-refractivity contribution in [1.29, 1.82) is 0 Å². The smallest absolute Gasteiger partial charge is 0.325 e. The predicted molar refractivity (Wildman–Crippen MR) is 98.8 cm³/mol. The number of urea groups is 1. The van der Waals surface area contributed by atoms with Gasteiger partial charge in [-0.05, 0) is 42.7 Å². The first-order valence-corrected chi connectivity index (χ1v) is 9.20.